The van der Waals surface area contributed by atoms with Gasteiger partial charge in [-0.2, -0.15) is 4.68 Å². The van der Waals surface area contributed by atoms with E-state index in [-0.39, 0.29) is 12.2 Å². The summed E-state index contributed by atoms with van der Waals surface area (Å²) in [6.45, 7) is -1.13. The first-order chi connectivity index (χ1) is 12.4. The number of halogens is 3. The number of H-pyrrole nitrogens is 1. The molecule has 134 valence electrons. The van der Waals surface area contributed by atoms with Gasteiger partial charge in [-0.1, -0.05) is 23.4 Å². The Balaban J connectivity index is 1.69. The number of rotatable bonds is 4. The van der Waals surface area contributed by atoms with Gasteiger partial charge in [-0.3, -0.25) is 4.74 Å². The second-order valence-electron chi connectivity index (χ2n) is 5.45. The van der Waals surface area contributed by atoms with Crippen molar-refractivity contribution < 1.29 is 17.9 Å². The molecule has 0 amide bonds. The second-order valence-corrected chi connectivity index (χ2v) is 5.45. The number of aromatic nitrogens is 6. The van der Waals surface area contributed by atoms with E-state index < -0.39 is 18.7 Å². The van der Waals surface area contributed by atoms with Crippen LogP contribution in [0, 0.1) is 0 Å². The lowest BCUT2D eigenvalue weighted by atomic mass is 10.2. The van der Waals surface area contributed by atoms with Crippen molar-refractivity contribution >= 4 is 16.6 Å². The van der Waals surface area contributed by atoms with Crippen LogP contribution in [0.3, 0.4) is 0 Å². The van der Waals surface area contributed by atoms with Gasteiger partial charge >= 0.3 is 12.1 Å². The Bertz CT molecular complexity index is 1110. The van der Waals surface area contributed by atoms with Gasteiger partial charge in [0.2, 0.25) is 0 Å². The fourth-order valence-electron chi connectivity index (χ4n) is 2.62. The van der Waals surface area contributed by atoms with E-state index in [2.05, 4.69) is 25.0 Å². The molecular formula is C15H11F3N6O2. The number of hydrogen-bond donors (Lipinski definition) is 1. The maximum absolute atomic E-state index is 12.3. The highest BCUT2D eigenvalue weighted by Gasteiger charge is 2.28. The van der Waals surface area contributed by atoms with Crippen molar-refractivity contribution in [3.05, 3.63) is 47.1 Å². The molecule has 3 aromatic heterocycles. The zero-order valence-electron chi connectivity index (χ0n) is 13.1. The van der Waals surface area contributed by atoms with Gasteiger partial charge in [0.05, 0.1) is 18.8 Å². The molecule has 0 saturated heterocycles. The molecule has 3 heterocycles. The van der Waals surface area contributed by atoms with Gasteiger partial charge in [-0.15, -0.1) is 18.3 Å². The molecule has 0 saturated carbocycles. The van der Waals surface area contributed by atoms with Gasteiger partial charge in [-0.05, 0) is 12.1 Å². The van der Waals surface area contributed by atoms with Crippen molar-refractivity contribution in [1.82, 2.24) is 29.4 Å². The lowest BCUT2D eigenvalue weighted by Gasteiger charge is -2.07. The summed E-state index contributed by atoms with van der Waals surface area (Å²) >= 11 is 0. The number of nitrogens with zero attached hydrogens (tertiary/aromatic N) is 5. The van der Waals surface area contributed by atoms with Gasteiger partial charge in [0.15, 0.2) is 5.65 Å². The van der Waals surface area contributed by atoms with Crippen LogP contribution in [0.2, 0.25) is 0 Å². The Kier molecular flexibility index (Phi) is 3.72. The van der Waals surface area contributed by atoms with Crippen LogP contribution in [0.1, 0.15) is 0 Å². The summed E-state index contributed by atoms with van der Waals surface area (Å²) in [5.41, 5.74) is 1.52. The highest BCUT2D eigenvalue weighted by atomic mass is 19.4. The third-order valence-electron chi connectivity index (χ3n) is 3.77. The average Bonchev–Trinajstić information content (AvgIpc) is 3.19. The minimum atomic E-state index is -4.76. The fourth-order valence-corrected chi connectivity index (χ4v) is 2.62. The minimum absolute atomic E-state index is 0.203. The lowest BCUT2D eigenvalue weighted by molar-refractivity contribution is -0.325. The number of benzene rings is 1. The van der Waals surface area contributed by atoms with Crippen molar-refractivity contribution in [3.8, 4) is 11.4 Å². The smallest absolute Gasteiger partial charge is 0.353 e. The van der Waals surface area contributed by atoms with Crippen molar-refractivity contribution in [2.24, 2.45) is 0 Å². The quantitative estimate of drug-likeness (QED) is 0.598. The summed E-state index contributed by atoms with van der Waals surface area (Å²) in [7, 11) is 0. The Morgan fingerprint density at radius 1 is 1.23 bits per heavy atom. The van der Waals surface area contributed by atoms with Crippen LogP contribution < -0.4 is 5.69 Å². The molecule has 1 N–H and O–H groups in total. The number of nitrogens with one attached hydrogen (secondary N) is 1. The van der Waals surface area contributed by atoms with Crippen LogP contribution in [-0.4, -0.2) is 42.3 Å². The highest BCUT2D eigenvalue weighted by Crippen LogP contribution is 2.24. The lowest BCUT2D eigenvalue weighted by Crippen LogP contribution is -2.32. The summed E-state index contributed by atoms with van der Waals surface area (Å²) in [5, 5.41) is 8.56. The summed E-state index contributed by atoms with van der Waals surface area (Å²) in [6.07, 6.45) is -3.51. The predicted molar refractivity (Wildman–Crippen MR) is 84.3 cm³/mol. The Morgan fingerprint density at radius 3 is 2.81 bits per heavy atom. The van der Waals surface area contributed by atoms with E-state index in [1.807, 2.05) is 30.3 Å². The Hall–Kier alpha value is -3.21. The second kappa shape index (κ2) is 5.95. The van der Waals surface area contributed by atoms with Gasteiger partial charge in [-0.25, -0.2) is 14.2 Å². The third-order valence-corrected chi connectivity index (χ3v) is 3.77. The van der Waals surface area contributed by atoms with Crippen LogP contribution in [0.4, 0.5) is 13.2 Å². The van der Waals surface area contributed by atoms with Crippen molar-refractivity contribution in [2.45, 2.75) is 12.9 Å². The molecule has 0 fully saturated rings. The van der Waals surface area contributed by atoms with Gasteiger partial charge < -0.3 is 4.98 Å². The molecule has 0 unspecified atom stereocenters. The number of aromatic amines is 1. The van der Waals surface area contributed by atoms with Crippen LogP contribution >= 0.6 is 0 Å². The highest BCUT2D eigenvalue weighted by molar-refractivity contribution is 5.87. The Morgan fingerprint density at radius 2 is 2.04 bits per heavy atom. The number of hydrogen-bond acceptors (Lipinski definition) is 5. The molecule has 0 radical (unpaired) electrons. The van der Waals surface area contributed by atoms with Crippen molar-refractivity contribution in [3.63, 3.8) is 0 Å². The topological polar surface area (TPSA) is 90.1 Å². The first kappa shape index (κ1) is 16.3. The minimum Gasteiger partial charge on any atom is -0.353 e. The largest absolute Gasteiger partial charge is 0.522 e. The molecule has 0 spiro atoms. The monoisotopic (exact) mass is 364 g/mol. The molecule has 8 nitrogen and oxygen atoms in total. The maximum Gasteiger partial charge on any atom is 0.522 e. The molecule has 0 aliphatic heterocycles. The first-order valence-electron chi connectivity index (χ1n) is 7.52. The van der Waals surface area contributed by atoms with E-state index in [9.17, 15) is 18.0 Å². The van der Waals surface area contributed by atoms with E-state index in [0.717, 1.165) is 20.0 Å². The molecule has 0 aliphatic rings. The normalized spacial score (nSPS) is 12.3. The molecule has 0 aliphatic carbocycles. The van der Waals surface area contributed by atoms with Crippen LogP contribution in [-0.2, 0) is 11.3 Å². The fraction of sp³-hybridized carbons (Fsp3) is 0.200. The van der Waals surface area contributed by atoms with E-state index in [1.54, 1.807) is 0 Å². The number of fused-ring (bicyclic) bond motifs is 2. The third kappa shape index (κ3) is 2.92. The number of para-hydroxylation sites is 1. The average molecular weight is 364 g/mol. The van der Waals surface area contributed by atoms with Crippen LogP contribution in [0.25, 0.3) is 27.9 Å². The van der Waals surface area contributed by atoms with Crippen LogP contribution in [0.15, 0.2) is 41.5 Å². The van der Waals surface area contributed by atoms with Crippen molar-refractivity contribution in [2.75, 3.05) is 6.61 Å². The molecule has 0 atom stereocenters. The van der Waals surface area contributed by atoms with E-state index >= 15 is 0 Å². The SMILES string of the molecule is O=c1n(CCOC(F)(F)F)nnc2c(-c3cc4ccccc4[nH]3)ncn12. The summed E-state index contributed by atoms with van der Waals surface area (Å²) in [4.78, 5) is 19.7. The zero-order valence-corrected chi connectivity index (χ0v) is 13.1. The zero-order chi connectivity index (χ0) is 18.3. The molecule has 0 bridgehead atoms. The first-order valence-corrected chi connectivity index (χ1v) is 7.52. The number of ether oxygens (including phenoxy) is 1. The van der Waals surface area contributed by atoms with Gasteiger partial charge in [0, 0.05) is 10.9 Å². The summed E-state index contributed by atoms with van der Waals surface area (Å²) < 4.78 is 41.6. The standard InChI is InChI=1S/C15H11F3N6O2/c16-15(17,18)26-6-5-24-14(25)23-8-19-12(13(23)21-22-24)11-7-9-3-1-2-4-10(9)20-11/h1-4,7-8,20H,5-6H2. The summed E-state index contributed by atoms with van der Waals surface area (Å²) in [6, 6.07) is 9.47. The van der Waals surface area contributed by atoms with E-state index in [4.69, 9.17) is 0 Å². The predicted octanol–water partition coefficient (Wildman–Crippen LogP) is 1.97. The van der Waals surface area contributed by atoms with Gasteiger partial charge in [0.1, 0.15) is 12.0 Å². The van der Waals surface area contributed by atoms with Crippen LogP contribution in [0.5, 0.6) is 0 Å². The molecule has 4 aromatic rings. The molecule has 1 aromatic carbocycles. The number of imidazole rings is 1. The van der Waals surface area contributed by atoms with E-state index in [1.165, 1.54) is 6.33 Å². The molecule has 11 heteroatoms. The Labute approximate surface area is 142 Å². The summed E-state index contributed by atoms with van der Waals surface area (Å²) in [5.74, 6) is 0. The maximum atomic E-state index is 12.3. The van der Waals surface area contributed by atoms with Crippen molar-refractivity contribution in [1.29, 1.82) is 0 Å². The number of alkyl halides is 3. The molecule has 26 heavy (non-hydrogen) atoms. The van der Waals surface area contributed by atoms with Gasteiger partial charge in [0.25, 0.3) is 0 Å². The molecular weight excluding hydrogens is 353 g/mol. The molecule has 4 rings (SSSR count). The van der Waals surface area contributed by atoms with E-state index in [0.29, 0.717) is 11.4 Å².